The highest BCUT2D eigenvalue weighted by atomic mass is 19.4. The van der Waals surface area contributed by atoms with Gasteiger partial charge in [-0.05, 0) is 17.7 Å². The lowest BCUT2D eigenvalue weighted by molar-refractivity contribution is -0.144. The lowest BCUT2D eigenvalue weighted by Gasteiger charge is -2.09. The fourth-order valence-corrected chi connectivity index (χ4v) is 2.35. The van der Waals surface area contributed by atoms with Crippen LogP contribution < -0.4 is 5.56 Å². The van der Waals surface area contributed by atoms with Gasteiger partial charge in [-0.3, -0.25) is 14.0 Å². The molecule has 0 radical (unpaired) electrons. The van der Waals surface area contributed by atoms with Crippen molar-refractivity contribution in [3.8, 4) is 0 Å². The molecule has 8 heteroatoms. The number of ether oxygens (including phenoxy) is 1. The largest absolute Gasteiger partial charge is 0.461 e. The van der Waals surface area contributed by atoms with Crippen LogP contribution in [0.4, 0.5) is 13.2 Å². The Balaban J connectivity index is 1.80. The Hall–Kier alpha value is -3.16. The molecule has 2 heterocycles. The summed E-state index contributed by atoms with van der Waals surface area (Å²) in [4.78, 5) is 28.2. The maximum Gasteiger partial charge on any atom is 0.417 e. The van der Waals surface area contributed by atoms with Crippen molar-refractivity contribution < 1.29 is 22.7 Å². The first-order chi connectivity index (χ1) is 12.3. The zero-order valence-corrected chi connectivity index (χ0v) is 13.4. The van der Waals surface area contributed by atoms with E-state index in [-0.39, 0.29) is 24.2 Å². The van der Waals surface area contributed by atoms with Crippen LogP contribution in [0.15, 0.2) is 59.7 Å². The number of rotatable bonds is 4. The highest BCUT2D eigenvalue weighted by Crippen LogP contribution is 2.28. The quantitative estimate of drug-likeness (QED) is 0.670. The van der Waals surface area contributed by atoms with Gasteiger partial charge in [-0.15, -0.1) is 0 Å². The number of benzene rings is 1. The topological polar surface area (TPSA) is 60.7 Å². The van der Waals surface area contributed by atoms with Crippen molar-refractivity contribution in [3.63, 3.8) is 0 Å². The molecule has 0 aliphatic rings. The second kappa shape index (κ2) is 6.99. The van der Waals surface area contributed by atoms with Crippen LogP contribution in [-0.4, -0.2) is 15.4 Å². The van der Waals surface area contributed by atoms with E-state index >= 15 is 0 Å². The predicted octanol–water partition coefficient (Wildman–Crippen LogP) is 3.00. The number of carbonyl (C=O) groups is 1. The van der Waals surface area contributed by atoms with Gasteiger partial charge in [0.15, 0.2) is 0 Å². The molecule has 26 heavy (non-hydrogen) atoms. The third-order valence-corrected chi connectivity index (χ3v) is 3.68. The van der Waals surface area contributed by atoms with E-state index in [4.69, 9.17) is 4.74 Å². The molecule has 0 atom stereocenters. The third-order valence-electron chi connectivity index (χ3n) is 3.68. The molecule has 0 unspecified atom stereocenters. The minimum absolute atomic E-state index is 0.0418. The molecule has 134 valence electrons. The number of fused-ring (bicyclic) bond motifs is 1. The molecule has 2 aromatic heterocycles. The van der Waals surface area contributed by atoms with Crippen molar-refractivity contribution in [2.24, 2.45) is 0 Å². The Bertz CT molecular complexity index is 998. The van der Waals surface area contributed by atoms with Gasteiger partial charge < -0.3 is 4.74 Å². The van der Waals surface area contributed by atoms with Crippen molar-refractivity contribution in [1.82, 2.24) is 9.38 Å². The molecular formula is C18H13F3N2O3. The minimum atomic E-state index is -4.59. The van der Waals surface area contributed by atoms with Crippen LogP contribution in [0.2, 0.25) is 0 Å². The number of halogens is 3. The van der Waals surface area contributed by atoms with Crippen LogP contribution >= 0.6 is 0 Å². The maximum absolute atomic E-state index is 12.8. The second-order valence-corrected chi connectivity index (χ2v) is 5.56. The normalized spacial score (nSPS) is 11.5. The van der Waals surface area contributed by atoms with Crippen molar-refractivity contribution in [2.75, 3.05) is 0 Å². The number of esters is 1. The van der Waals surface area contributed by atoms with Crippen LogP contribution in [-0.2, 0) is 28.7 Å². The number of nitrogens with zero attached hydrogens (tertiary/aromatic N) is 2. The van der Waals surface area contributed by atoms with E-state index in [1.807, 2.05) is 6.07 Å². The molecule has 0 aliphatic carbocycles. The van der Waals surface area contributed by atoms with Crippen LogP contribution in [0.25, 0.3) is 5.65 Å². The maximum atomic E-state index is 12.8. The van der Waals surface area contributed by atoms with Gasteiger partial charge in [0.2, 0.25) is 0 Å². The number of hydrogen-bond donors (Lipinski definition) is 0. The molecule has 0 amide bonds. The highest BCUT2D eigenvalue weighted by molar-refractivity contribution is 5.72. The second-order valence-electron chi connectivity index (χ2n) is 5.56. The van der Waals surface area contributed by atoms with E-state index in [9.17, 15) is 22.8 Å². The molecular weight excluding hydrogens is 349 g/mol. The zero-order chi connectivity index (χ0) is 18.7. The monoisotopic (exact) mass is 362 g/mol. The fourth-order valence-electron chi connectivity index (χ4n) is 2.35. The zero-order valence-electron chi connectivity index (χ0n) is 13.4. The van der Waals surface area contributed by atoms with Gasteiger partial charge in [-0.1, -0.05) is 30.3 Å². The molecule has 3 rings (SSSR count). The van der Waals surface area contributed by atoms with Gasteiger partial charge in [-0.2, -0.15) is 13.2 Å². The van der Waals surface area contributed by atoms with E-state index in [1.54, 1.807) is 24.3 Å². The molecule has 1 aromatic carbocycles. The molecule has 0 saturated heterocycles. The summed E-state index contributed by atoms with van der Waals surface area (Å²) in [6.07, 6.45) is -3.12. The van der Waals surface area contributed by atoms with Crippen molar-refractivity contribution in [1.29, 1.82) is 0 Å². The van der Waals surface area contributed by atoms with Gasteiger partial charge in [-0.25, -0.2) is 4.98 Å². The number of hydrogen-bond acceptors (Lipinski definition) is 4. The first kappa shape index (κ1) is 17.7. The van der Waals surface area contributed by atoms with Gasteiger partial charge in [0.1, 0.15) is 12.3 Å². The molecule has 0 aliphatic heterocycles. The first-order valence-corrected chi connectivity index (χ1v) is 7.61. The van der Waals surface area contributed by atoms with Crippen molar-refractivity contribution in [3.05, 3.63) is 81.9 Å². The van der Waals surface area contributed by atoms with Crippen molar-refractivity contribution in [2.45, 2.75) is 19.2 Å². The number of carbonyl (C=O) groups excluding carboxylic acids is 1. The predicted molar refractivity (Wildman–Crippen MR) is 86.4 cm³/mol. The first-order valence-electron chi connectivity index (χ1n) is 7.61. The molecule has 5 nitrogen and oxygen atoms in total. The summed E-state index contributed by atoms with van der Waals surface area (Å²) in [5.74, 6) is -0.667. The van der Waals surface area contributed by atoms with Gasteiger partial charge in [0.05, 0.1) is 12.0 Å². The molecule has 0 fully saturated rings. The lowest BCUT2D eigenvalue weighted by Crippen LogP contribution is -2.23. The molecule has 3 aromatic rings. The summed E-state index contributed by atoms with van der Waals surface area (Å²) in [6, 6.07) is 10.9. The summed E-state index contributed by atoms with van der Waals surface area (Å²) < 4.78 is 44.3. The SMILES string of the molecule is O=C(Cc1cnc2ccc(C(F)(F)F)cn2c1=O)OCc1ccccc1. The number of pyridine rings is 1. The molecule has 0 N–H and O–H groups in total. The Morgan fingerprint density at radius 3 is 2.54 bits per heavy atom. The minimum Gasteiger partial charge on any atom is -0.461 e. The van der Waals surface area contributed by atoms with Crippen molar-refractivity contribution >= 4 is 11.6 Å². The summed E-state index contributed by atoms with van der Waals surface area (Å²) in [5.41, 5.74) is -0.913. The Labute approximate surface area is 145 Å². The summed E-state index contributed by atoms with van der Waals surface area (Å²) >= 11 is 0. The Morgan fingerprint density at radius 2 is 1.85 bits per heavy atom. The fraction of sp³-hybridized carbons (Fsp3) is 0.167. The average molecular weight is 362 g/mol. The summed E-state index contributed by atoms with van der Waals surface area (Å²) in [5, 5.41) is 0. The summed E-state index contributed by atoms with van der Waals surface area (Å²) in [7, 11) is 0. The van der Waals surface area contributed by atoms with E-state index in [0.717, 1.165) is 22.1 Å². The van der Waals surface area contributed by atoms with E-state index < -0.39 is 23.3 Å². The third kappa shape index (κ3) is 3.90. The molecule has 0 spiro atoms. The van der Waals surface area contributed by atoms with Crippen LogP contribution in [0.3, 0.4) is 0 Å². The standard InChI is InChI=1S/C18H13F3N2O3/c19-18(20,21)14-6-7-15-22-9-13(17(25)23(15)10-14)8-16(24)26-11-12-4-2-1-3-5-12/h1-7,9-10H,8,11H2. The van der Waals surface area contributed by atoms with Crippen LogP contribution in [0.5, 0.6) is 0 Å². The smallest absolute Gasteiger partial charge is 0.417 e. The molecule has 0 bridgehead atoms. The Kier molecular flexibility index (Phi) is 4.75. The van der Waals surface area contributed by atoms with E-state index in [2.05, 4.69) is 4.98 Å². The van der Waals surface area contributed by atoms with Gasteiger partial charge in [0, 0.05) is 18.0 Å². The summed E-state index contributed by atoms with van der Waals surface area (Å²) in [6.45, 7) is 0.0419. The van der Waals surface area contributed by atoms with E-state index in [1.165, 1.54) is 6.20 Å². The average Bonchev–Trinajstić information content (AvgIpc) is 2.62. The van der Waals surface area contributed by atoms with E-state index in [0.29, 0.717) is 6.20 Å². The Morgan fingerprint density at radius 1 is 1.12 bits per heavy atom. The van der Waals surface area contributed by atoms with Gasteiger partial charge >= 0.3 is 12.1 Å². The number of aromatic nitrogens is 2. The molecule has 0 saturated carbocycles. The van der Waals surface area contributed by atoms with Gasteiger partial charge in [0.25, 0.3) is 5.56 Å². The van der Waals surface area contributed by atoms with Crippen LogP contribution in [0.1, 0.15) is 16.7 Å². The highest BCUT2D eigenvalue weighted by Gasteiger charge is 2.31. The number of alkyl halides is 3. The van der Waals surface area contributed by atoms with Crippen LogP contribution in [0, 0.1) is 0 Å². The lowest BCUT2D eigenvalue weighted by atomic mass is 10.2.